The second-order valence-electron chi connectivity index (χ2n) is 13.4. The highest BCUT2D eigenvalue weighted by Crippen LogP contribution is 2.44. The molecule has 2 unspecified atom stereocenters. The fourth-order valence-electron chi connectivity index (χ4n) is 7.21. The van der Waals surface area contributed by atoms with Gasteiger partial charge in [0.05, 0.1) is 63.6 Å². The lowest BCUT2D eigenvalue weighted by Gasteiger charge is -2.27. The minimum atomic E-state index is -0.921. The van der Waals surface area contributed by atoms with Crippen molar-refractivity contribution >= 4 is 46.5 Å². The van der Waals surface area contributed by atoms with Crippen LogP contribution in [0.3, 0.4) is 0 Å². The van der Waals surface area contributed by atoms with E-state index < -0.39 is 6.23 Å². The summed E-state index contributed by atoms with van der Waals surface area (Å²) < 4.78 is 28.9. The third-order valence-corrected chi connectivity index (χ3v) is 10.1. The number of nitrogens with zero attached hydrogens (tertiary/aromatic N) is 4. The van der Waals surface area contributed by atoms with Gasteiger partial charge in [0.25, 0.3) is 5.91 Å². The molecular weight excluding hydrogens is 686 g/mol. The van der Waals surface area contributed by atoms with E-state index in [1.165, 1.54) is 0 Å². The number of ether oxygens (including phenoxy) is 5. The first-order chi connectivity index (χ1) is 26.3. The number of methoxy groups -OCH3 is 3. The monoisotopic (exact) mass is 727 g/mol. The molecule has 0 aliphatic carbocycles. The van der Waals surface area contributed by atoms with Gasteiger partial charge < -0.3 is 44.3 Å². The van der Waals surface area contributed by atoms with Crippen molar-refractivity contribution in [3.05, 3.63) is 107 Å². The summed E-state index contributed by atoms with van der Waals surface area (Å²) >= 11 is 0. The number of carbonyl (C=O) groups is 1. The molecule has 12 nitrogen and oxygen atoms in total. The van der Waals surface area contributed by atoms with E-state index in [2.05, 4.69) is 0 Å². The minimum Gasteiger partial charge on any atom is -0.497 e. The lowest BCUT2D eigenvalue weighted by molar-refractivity contribution is 0.0336. The highest BCUT2D eigenvalue weighted by atomic mass is 16.5. The van der Waals surface area contributed by atoms with E-state index in [1.807, 2.05) is 78.3 Å². The van der Waals surface area contributed by atoms with Gasteiger partial charge in [0.1, 0.15) is 5.75 Å². The van der Waals surface area contributed by atoms with Crippen LogP contribution >= 0.6 is 0 Å². The van der Waals surface area contributed by atoms with Crippen LogP contribution in [-0.4, -0.2) is 79.9 Å². The third kappa shape index (κ3) is 6.60. The summed E-state index contributed by atoms with van der Waals surface area (Å²) in [6, 6.07) is 22.3. The largest absolute Gasteiger partial charge is 0.497 e. The topological polar surface area (TPSA) is 141 Å². The zero-order valence-corrected chi connectivity index (χ0v) is 30.3. The van der Waals surface area contributed by atoms with Crippen LogP contribution in [0.2, 0.25) is 0 Å². The number of aliphatic hydroxyl groups excluding tert-OH is 1. The van der Waals surface area contributed by atoms with Crippen LogP contribution in [0.5, 0.6) is 28.7 Å². The number of benzene rings is 4. The van der Waals surface area contributed by atoms with E-state index in [-0.39, 0.29) is 18.0 Å². The Kier molecular flexibility index (Phi) is 9.43. The van der Waals surface area contributed by atoms with Crippen LogP contribution in [0.25, 0.3) is 11.1 Å². The molecule has 1 amide bonds. The molecule has 0 radical (unpaired) electrons. The molecule has 0 aromatic heterocycles. The first kappa shape index (κ1) is 34.8. The van der Waals surface area contributed by atoms with Gasteiger partial charge in [0.15, 0.2) is 29.2 Å². The Labute approximate surface area is 313 Å². The first-order valence-electron chi connectivity index (χ1n) is 17.8. The van der Waals surface area contributed by atoms with Gasteiger partial charge in [-0.05, 0) is 65.1 Å². The van der Waals surface area contributed by atoms with Gasteiger partial charge in [-0.3, -0.25) is 14.8 Å². The quantitative estimate of drug-likeness (QED) is 0.124. The smallest absolute Gasteiger partial charge is 0.260 e. The molecule has 0 spiro atoms. The van der Waals surface area contributed by atoms with Crippen molar-refractivity contribution in [2.45, 2.75) is 37.6 Å². The summed E-state index contributed by atoms with van der Waals surface area (Å²) in [4.78, 5) is 26.8. The predicted molar refractivity (Wildman–Crippen MR) is 207 cm³/mol. The molecule has 4 heterocycles. The molecule has 3 atom stereocenters. The molecule has 4 aliphatic heterocycles. The summed E-state index contributed by atoms with van der Waals surface area (Å²) in [6.07, 6.45) is 8.55. The SMILES string of the molecule is COc1ccc(C2=CN3C(=O)c4cc(OC)c(OCCCOc5cc6c(cc5OC)C(O)N5C=C(c7ccc(N)cc7)C[C@H]5C=N6)cc4N=CC3C2)cc1. The molecule has 4 aromatic carbocycles. The molecule has 4 aromatic rings. The standard InChI is InChI=1S/C42H41N5O7/c1-50-32-11-7-26(8-12-32)28-16-31-22-45-36-20-40(38(52-3)18-34(36)42(49)47(31)24-28)54-14-4-13-53-39-19-35-33(17-37(39)51-2)41(48)46-23-27(15-30(46)21-44-35)25-5-9-29(43)10-6-25/h5-12,17-24,30-31,41,48H,4,13-16,43H2,1-3H3/t30-,31?,41?/m0/s1. The van der Waals surface area contributed by atoms with Gasteiger partial charge >= 0.3 is 0 Å². The molecule has 12 heteroatoms. The number of carbonyl (C=O) groups excluding carboxylic acids is 1. The number of aliphatic imine (C=N–C) groups is 2. The Morgan fingerprint density at radius 3 is 2.00 bits per heavy atom. The number of aliphatic hydroxyl groups is 1. The molecule has 276 valence electrons. The average Bonchev–Trinajstić information content (AvgIpc) is 3.78. The van der Waals surface area contributed by atoms with Gasteiger partial charge in [0.2, 0.25) is 0 Å². The summed E-state index contributed by atoms with van der Waals surface area (Å²) in [6.45, 7) is 0.645. The van der Waals surface area contributed by atoms with Crippen molar-refractivity contribution in [2.75, 3.05) is 40.3 Å². The molecule has 54 heavy (non-hydrogen) atoms. The molecular formula is C42H41N5O7. The van der Waals surface area contributed by atoms with E-state index in [9.17, 15) is 9.90 Å². The highest BCUT2D eigenvalue weighted by Gasteiger charge is 2.35. The van der Waals surface area contributed by atoms with E-state index in [0.717, 1.165) is 28.0 Å². The number of hydrogen-bond donors (Lipinski definition) is 2. The molecule has 0 saturated carbocycles. The molecule has 4 aliphatic rings. The fraction of sp³-hybridized carbons (Fsp3) is 0.262. The molecule has 0 fully saturated rings. The van der Waals surface area contributed by atoms with E-state index in [1.54, 1.807) is 50.5 Å². The number of nitrogens with two attached hydrogens (primary N) is 1. The van der Waals surface area contributed by atoms with Crippen LogP contribution in [-0.2, 0) is 0 Å². The Balaban J connectivity index is 0.908. The Morgan fingerprint density at radius 1 is 0.722 bits per heavy atom. The van der Waals surface area contributed by atoms with Gasteiger partial charge in [0, 0.05) is 61.1 Å². The maximum absolute atomic E-state index is 13.7. The van der Waals surface area contributed by atoms with Crippen molar-refractivity contribution in [1.29, 1.82) is 0 Å². The van der Waals surface area contributed by atoms with Gasteiger partial charge in [-0.15, -0.1) is 0 Å². The molecule has 0 saturated heterocycles. The van der Waals surface area contributed by atoms with Crippen LogP contribution < -0.4 is 29.4 Å². The Hall–Kier alpha value is -6.27. The summed E-state index contributed by atoms with van der Waals surface area (Å²) in [5, 5.41) is 11.5. The zero-order valence-electron chi connectivity index (χ0n) is 30.3. The Bertz CT molecular complexity index is 2200. The minimum absolute atomic E-state index is 0.104. The van der Waals surface area contributed by atoms with Gasteiger partial charge in [-0.2, -0.15) is 0 Å². The first-order valence-corrected chi connectivity index (χ1v) is 17.8. The molecule has 0 bridgehead atoms. The zero-order chi connectivity index (χ0) is 37.3. The maximum Gasteiger partial charge on any atom is 0.260 e. The number of fused-ring (bicyclic) bond motifs is 4. The molecule has 8 rings (SSSR count). The normalized spacial score (nSPS) is 19.5. The lowest BCUT2D eigenvalue weighted by Crippen LogP contribution is -2.32. The number of rotatable bonds is 11. The lowest BCUT2D eigenvalue weighted by atomic mass is 10.0. The summed E-state index contributed by atoms with van der Waals surface area (Å²) in [5.74, 6) is 2.56. The maximum atomic E-state index is 13.7. The average molecular weight is 728 g/mol. The summed E-state index contributed by atoms with van der Waals surface area (Å²) in [5.41, 5.74) is 13.0. The van der Waals surface area contributed by atoms with Crippen molar-refractivity contribution in [3.8, 4) is 28.7 Å². The molecule has 3 N–H and O–H groups in total. The van der Waals surface area contributed by atoms with Crippen LogP contribution in [0.15, 0.2) is 95.2 Å². The van der Waals surface area contributed by atoms with E-state index in [0.29, 0.717) is 83.7 Å². The van der Waals surface area contributed by atoms with Crippen LogP contribution in [0.4, 0.5) is 17.1 Å². The third-order valence-electron chi connectivity index (χ3n) is 10.1. The second-order valence-corrected chi connectivity index (χ2v) is 13.4. The van der Waals surface area contributed by atoms with Crippen molar-refractivity contribution in [2.24, 2.45) is 9.98 Å². The fourth-order valence-corrected chi connectivity index (χ4v) is 7.21. The van der Waals surface area contributed by atoms with Gasteiger partial charge in [-0.1, -0.05) is 24.3 Å². The second kappa shape index (κ2) is 14.6. The van der Waals surface area contributed by atoms with E-state index >= 15 is 0 Å². The predicted octanol–water partition coefficient (Wildman–Crippen LogP) is 6.94. The number of nitrogen functional groups attached to an aromatic ring is 1. The number of hydrogen-bond acceptors (Lipinski definition) is 11. The van der Waals surface area contributed by atoms with E-state index in [4.69, 9.17) is 39.4 Å². The van der Waals surface area contributed by atoms with Gasteiger partial charge in [-0.25, -0.2) is 0 Å². The number of amides is 1. The Morgan fingerprint density at radius 2 is 1.31 bits per heavy atom. The van der Waals surface area contributed by atoms with Crippen molar-refractivity contribution in [1.82, 2.24) is 9.80 Å². The van der Waals surface area contributed by atoms with Crippen LogP contribution in [0.1, 0.15) is 52.5 Å². The highest BCUT2D eigenvalue weighted by molar-refractivity contribution is 6.05. The van der Waals surface area contributed by atoms with Crippen molar-refractivity contribution in [3.63, 3.8) is 0 Å². The van der Waals surface area contributed by atoms with Crippen molar-refractivity contribution < 1.29 is 33.6 Å². The summed E-state index contributed by atoms with van der Waals surface area (Å²) in [7, 11) is 4.75. The number of anilines is 1. The van der Waals surface area contributed by atoms with Crippen LogP contribution in [0, 0.1) is 0 Å².